The third-order valence-electron chi connectivity index (χ3n) is 5.19. The van der Waals surface area contributed by atoms with Crippen LogP contribution >= 0.6 is 11.3 Å². The highest BCUT2D eigenvalue weighted by Crippen LogP contribution is 2.31. The molecule has 0 aromatic carbocycles. The lowest BCUT2D eigenvalue weighted by atomic mass is 9.95. The second kappa shape index (κ2) is 7.05. The van der Waals surface area contributed by atoms with Gasteiger partial charge in [-0.2, -0.15) is 0 Å². The minimum absolute atomic E-state index is 0.201. The molecule has 0 saturated carbocycles. The Balaban J connectivity index is 1.38. The molecule has 2 aromatic rings. The van der Waals surface area contributed by atoms with Crippen LogP contribution in [0.5, 0.6) is 0 Å². The predicted octanol–water partition coefficient (Wildman–Crippen LogP) is 3.31. The molecule has 0 aliphatic carbocycles. The molecule has 128 valence electrons. The van der Waals surface area contributed by atoms with Gasteiger partial charge in [-0.25, -0.2) is 9.97 Å². The Kier molecular flexibility index (Phi) is 4.65. The van der Waals surface area contributed by atoms with Crippen molar-refractivity contribution in [2.75, 3.05) is 31.1 Å². The zero-order chi connectivity index (χ0) is 16.4. The lowest BCUT2D eigenvalue weighted by molar-refractivity contribution is -0.136. The third-order valence-corrected chi connectivity index (χ3v) is 6.23. The number of carbonyl (C=O) groups is 1. The van der Waals surface area contributed by atoms with Gasteiger partial charge in [-0.3, -0.25) is 4.79 Å². The van der Waals surface area contributed by atoms with Crippen molar-refractivity contribution in [3.63, 3.8) is 0 Å². The standard InChI is InChI=1S/C18H24N4OS/c23-17(21-10-3-1-2-4-11-21)14-7-12-22(13-8-14)18-20-15-6-5-9-19-16(15)24-18/h5-6,9,14H,1-4,7-8,10-13H2. The Hall–Kier alpha value is -1.69. The maximum absolute atomic E-state index is 12.8. The van der Waals surface area contributed by atoms with E-state index in [1.54, 1.807) is 11.3 Å². The number of pyridine rings is 1. The first-order valence-corrected chi connectivity index (χ1v) is 9.88. The number of aromatic nitrogens is 2. The van der Waals surface area contributed by atoms with E-state index in [1.165, 1.54) is 25.7 Å². The van der Waals surface area contributed by atoms with Crippen LogP contribution in [0.1, 0.15) is 38.5 Å². The van der Waals surface area contributed by atoms with Gasteiger partial charge in [0.15, 0.2) is 5.13 Å². The summed E-state index contributed by atoms with van der Waals surface area (Å²) in [7, 11) is 0. The summed E-state index contributed by atoms with van der Waals surface area (Å²) < 4.78 is 0. The van der Waals surface area contributed by atoms with Crippen LogP contribution < -0.4 is 4.90 Å². The normalized spacial score (nSPS) is 20.3. The Morgan fingerprint density at radius 2 is 1.83 bits per heavy atom. The average molecular weight is 344 g/mol. The zero-order valence-corrected chi connectivity index (χ0v) is 14.8. The van der Waals surface area contributed by atoms with Gasteiger partial charge in [0.25, 0.3) is 0 Å². The highest BCUT2D eigenvalue weighted by Gasteiger charge is 2.29. The first-order valence-electron chi connectivity index (χ1n) is 9.06. The molecule has 2 aliphatic heterocycles. The van der Waals surface area contributed by atoms with Gasteiger partial charge < -0.3 is 9.80 Å². The molecule has 0 atom stereocenters. The molecule has 2 fully saturated rings. The molecule has 2 saturated heterocycles. The van der Waals surface area contributed by atoms with Gasteiger partial charge in [-0.1, -0.05) is 24.2 Å². The van der Waals surface area contributed by atoms with Crippen molar-refractivity contribution in [1.29, 1.82) is 0 Å². The maximum atomic E-state index is 12.8. The molecule has 0 radical (unpaired) electrons. The molecule has 0 bridgehead atoms. The van der Waals surface area contributed by atoms with Crippen molar-refractivity contribution in [2.45, 2.75) is 38.5 Å². The van der Waals surface area contributed by atoms with E-state index >= 15 is 0 Å². The summed E-state index contributed by atoms with van der Waals surface area (Å²) in [6, 6.07) is 3.94. The summed E-state index contributed by atoms with van der Waals surface area (Å²) in [5, 5.41) is 1.05. The monoisotopic (exact) mass is 344 g/mol. The Bertz CT molecular complexity index is 667. The number of amides is 1. The van der Waals surface area contributed by atoms with E-state index < -0.39 is 0 Å². The molecular formula is C18H24N4OS. The molecule has 0 spiro atoms. The van der Waals surface area contributed by atoms with Crippen molar-refractivity contribution in [1.82, 2.24) is 14.9 Å². The Morgan fingerprint density at radius 1 is 1.08 bits per heavy atom. The highest BCUT2D eigenvalue weighted by atomic mass is 32.1. The number of anilines is 1. The van der Waals surface area contributed by atoms with Crippen molar-refractivity contribution in [3.8, 4) is 0 Å². The summed E-state index contributed by atoms with van der Waals surface area (Å²) >= 11 is 1.65. The number of nitrogens with zero attached hydrogens (tertiary/aromatic N) is 4. The van der Waals surface area contributed by atoms with E-state index in [0.29, 0.717) is 5.91 Å². The molecule has 2 aliphatic rings. The molecule has 5 nitrogen and oxygen atoms in total. The third kappa shape index (κ3) is 3.24. The lowest BCUT2D eigenvalue weighted by Crippen LogP contribution is -2.43. The molecule has 4 rings (SSSR count). The fourth-order valence-corrected chi connectivity index (χ4v) is 4.72. The minimum atomic E-state index is 0.201. The molecule has 0 N–H and O–H groups in total. The summed E-state index contributed by atoms with van der Waals surface area (Å²) in [4.78, 5) is 27.3. The van der Waals surface area contributed by atoms with Gasteiger partial charge in [0.1, 0.15) is 10.3 Å². The van der Waals surface area contributed by atoms with Crippen LogP contribution in [0.15, 0.2) is 18.3 Å². The van der Waals surface area contributed by atoms with Crippen molar-refractivity contribution in [2.24, 2.45) is 5.92 Å². The fraction of sp³-hybridized carbons (Fsp3) is 0.611. The topological polar surface area (TPSA) is 49.3 Å². The van der Waals surface area contributed by atoms with E-state index in [1.807, 2.05) is 18.3 Å². The fourth-order valence-electron chi connectivity index (χ4n) is 3.76. The number of hydrogen-bond acceptors (Lipinski definition) is 5. The van der Waals surface area contributed by atoms with E-state index in [4.69, 9.17) is 4.98 Å². The van der Waals surface area contributed by atoms with Gasteiger partial charge in [0.2, 0.25) is 5.91 Å². The van der Waals surface area contributed by atoms with E-state index in [2.05, 4.69) is 14.8 Å². The number of rotatable bonds is 2. The average Bonchev–Trinajstić information content (AvgIpc) is 2.87. The molecule has 4 heterocycles. The van der Waals surface area contributed by atoms with E-state index in [0.717, 1.165) is 54.5 Å². The zero-order valence-electron chi connectivity index (χ0n) is 14.0. The van der Waals surface area contributed by atoms with E-state index in [9.17, 15) is 4.79 Å². The number of hydrogen-bond donors (Lipinski definition) is 0. The van der Waals surface area contributed by atoms with Crippen LogP contribution in [-0.2, 0) is 4.79 Å². The van der Waals surface area contributed by atoms with Crippen molar-refractivity contribution < 1.29 is 4.79 Å². The van der Waals surface area contributed by atoms with Gasteiger partial charge in [-0.05, 0) is 37.8 Å². The summed E-state index contributed by atoms with van der Waals surface area (Å²) in [5.74, 6) is 0.592. The number of carbonyl (C=O) groups excluding carboxylic acids is 1. The Morgan fingerprint density at radius 3 is 2.54 bits per heavy atom. The summed E-state index contributed by atoms with van der Waals surface area (Å²) in [5.41, 5.74) is 0.972. The van der Waals surface area contributed by atoms with E-state index in [-0.39, 0.29) is 5.92 Å². The Labute approximate surface area is 146 Å². The van der Waals surface area contributed by atoms with Crippen LogP contribution in [0.25, 0.3) is 10.3 Å². The van der Waals surface area contributed by atoms with Crippen LogP contribution in [0.3, 0.4) is 0 Å². The smallest absolute Gasteiger partial charge is 0.225 e. The lowest BCUT2D eigenvalue weighted by Gasteiger charge is -2.33. The summed E-state index contributed by atoms with van der Waals surface area (Å²) in [6.07, 6.45) is 8.59. The molecule has 2 aromatic heterocycles. The van der Waals surface area contributed by atoms with Crippen molar-refractivity contribution >= 4 is 32.7 Å². The summed E-state index contributed by atoms with van der Waals surface area (Å²) in [6.45, 7) is 3.76. The van der Waals surface area contributed by atoms with Gasteiger partial charge in [-0.15, -0.1) is 0 Å². The first kappa shape index (κ1) is 15.8. The molecule has 6 heteroatoms. The van der Waals surface area contributed by atoms with Crippen LogP contribution in [-0.4, -0.2) is 47.0 Å². The largest absolute Gasteiger partial charge is 0.348 e. The van der Waals surface area contributed by atoms with Gasteiger partial charge in [0.05, 0.1) is 0 Å². The quantitative estimate of drug-likeness (QED) is 0.839. The van der Waals surface area contributed by atoms with Crippen LogP contribution in [0, 0.1) is 5.92 Å². The second-order valence-corrected chi connectivity index (χ2v) is 7.78. The number of piperidine rings is 1. The van der Waals surface area contributed by atoms with Crippen molar-refractivity contribution in [3.05, 3.63) is 18.3 Å². The number of fused-ring (bicyclic) bond motifs is 1. The SMILES string of the molecule is O=C(C1CCN(c2nc3cccnc3s2)CC1)N1CCCCCC1. The highest BCUT2D eigenvalue weighted by molar-refractivity contribution is 7.21. The molecule has 0 unspecified atom stereocenters. The second-order valence-electron chi connectivity index (χ2n) is 6.82. The van der Waals surface area contributed by atoms with Crippen LogP contribution in [0.2, 0.25) is 0 Å². The molecule has 24 heavy (non-hydrogen) atoms. The first-order chi connectivity index (χ1) is 11.8. The minimum Gasteiger partial charge on any atom is -0.348 e. The van der Waals surface area contributed by atoms with Gasteiger partial charge in [0, 0.05) is 38.3 Å². The molecule has 1 amide bonds. The van der Waals surface area contributed by atoms with Gasteiger partial charge >= 0.3 is 0 Å². The maximum Gasteiger partial charge on any atom is 0.225 e. The predicted molar refractivity (Wildman–Crippen MR) is 97.4 cm³/mol. The number of likely N-dealkylation sites (tertiary alicyclic amines) is 1. The molecular weight excluding hydrogens is 320 g/mol. The number of thiazole rings is 1. The van der Waals surface area contributed by atoms with Crippen LogP contribution in [0.4, 0.5) is 5.13 Å².